The van der Waals surface area contributed by atoms with Gasteiger partial charge in [-0.3, -0.25) is 14.9 Å². The number of anilines is 1. The Morgan fingerprint density at radius 3 is 2.90 bits per heavy atom. The SMILES string of the molecule is COCCCNC(=O)c1coc(NC(=O)c2ccco2)n1. The highest BCUT2D eigenvalue weighted by molar-refractivity contribution is 6.01. The Bertz CT molecular complexity index is 591. The van der Waals surface area contributed by atoms with Crippen LogP contribution in [-0.2, 0) is 4.74 Å². The van der Waals surface area contributed by atoms with E-state index in [1.54, 1.807) is 13.2 Å². The number of nitrogens with zero attached hydrogens (tertiary/aromatic N) is 1. The lowest BCUT2D eigenvalue weighted by atomic mass is 10.4. The van der Waals surface area contributed by atoms with Crippen molar-refractivity contribution in [3.63, 3.8) is 0 Å². The Morgan fingerprint density at radius 2 is 2.19 bits per heavy atom. The fourth-order valence-corrected chi connectivity index (χ4v) is 1.51. The molecule has 2 aromatic heterocycles. The quantitative estimate of drug-likeness (QED) is 0.745. The molecule has 0 atom stereocenters. The number of hydrogen-bond donors (Lipinski definition) is 2. The van der Waals surface area contributed by atoms with Gasteiger partial charge in [-0.2, -0.15) is 4.98 Å². The van der Waals surface area contributed by atoms with Gasteiger partial charge in [0.25, 0.3) is 11.8 Å². The summed E-state index contributed by atoms with van der Waals surface area (Å²) >= 11 is 0. The van der Waals surface area contributed by atoms with Gasteiger partial charge in [-0.05, 0) is 18.6 Å². The summed E-state index contributed by atoms with van der Waals surface area (Å²) in [6, 6.07) is 3.02. The number of furan rings is 1. The molecule has 0 saturated carbocycles. The smallest absolute Gasteiger partial charge is 0.302 e. The Labute approximate surface area is 120 Å². The zero-order valence-corrected chi connectivity index (χ0v) is 11.4. The minimum absolute atomic E-state index is 0.0709. The summed E-state index contributed by atoms with van der Waals surface area (Å²) in [6.45, 7) is 1.02. The van der Waals surface area contributed by atoms with Crippen LogP contribution in [0.1, 0.15) is 27.5 Å². The van der Waals surface area contributed by atoms with Crippen LogP contribution in [0.5, 0.6) is 0 Å². The van der Waals surface area contributed by atoms with Crippen molar-refractivity contribution in [2.75, 3.05) is 25.6 Å². The standard InChI is InChI=1S/C13H15N3O5/c1-19-6-3-5-14-11(17)9-8-21-13(15-9)16-12(18)10-4-2-7-20-10/h2,4,7-8H,3,5-6H2,1H3,(H,14,17)(H,15,16,18). The molecule has 2 rings (SSSR count). The Hall–Kier alpha value is -2.61. The van der Waals surface area contributed by atoms with Gasteiger partial charge in [0.2, 0.25) is 0 Å². The van der Waals surface area contributed by atoms with Gasteiger partial charge in [0.15, 0.2) is 11.5 Å². The maximum absolute atomic E-state index is 11.7. The Kier molecular flexibility index (Phi) is 5.10. The normalized spacial score (nSPS) is 10.3. The molecule has 2 amide bonds. The highest BCUT2D eigenvalue weighted by Crippen LogP contribution is 2.10. The second kappa shape index (κ2) is 7.25. The van der Waals surface area contributed by atoms with E-state index in [1.807, 2.05) is 0 Å². The van der Waals surface area contributed by atoms with Crippen molar-refractivity contribution in [1.29, 1.82) is 0 Å². The number of nitrogens with one attached hydrogen (secondary N) is 2. The van der Waals surface area contributed by atoms with Crippen LogP contribution in [0.25, 0.3) is 0 Å². The van der Waals surface area contributed by atoms with Crippen molar-refractivity contribution < 1.29 is 23.2 Å². The molecule has 0 aliphatic heterocycles. The van der Waals surface area contributed by atoms with Gasteiger partial charge < -0.3 is 18.9 Å². The number of ether oxygens (including phenoxy) is 1. The monoisotopic (exact) mass is 293 g/mol. The van der Waals surface area contributed by atoms with Crippen LogP contribution in [0.4, 0.5) is 6.01 Å². The predicted molar refractivity (Wildman–Crippen MR) is 72.0 cm³/mol. The largest absolute Gasteiger partial charge is 0.459 e. The third-order valence-electron chi connectivity index (χ3n) is 2.51. The first-order valence-corrected chi connectivity index (χ1v) is 6.28. The average Bonchev–Trinajstić information content (AvgIpc) is 3.14. The maximum Gasteiger partial charge on any atom is 0.302 e. The first-order chi connectivity index (χ1) is 10.2. The van der Waals surface area contributed by atoms with E-state index in [1.165, 1.54) is 18.6 Å². The number of rotatable bonds is 7. The van der Waals surface area contributed by atoms with Crippen molar-refractivity contribution in [2.24, 2.45) is 0 Å². The number of amides is 2. The van der Waals surface area contributed by atoms with Crippen LogP contribution in [0, 0.1) is 0 Å². The Balaban J connectivity index is 1.86. The molecule has 112 valence electrons. The van der Waals surface area contributed by atoms with Crippen LogP contribution >= 0.6 is 0 Å². The van der Waals surface area contributed by atoms with Crippen LogP contribution < -0.4 is 10.6 Å². The lowest BCUT2D eigenvalue weighted by Gasteiger charge is -2.01. The van der Waals surface area contributed by atoms with Crippen molar-refractivity contribution >= 4 is 17.8 Å². The molecule has 0 radical (unpaired) electrons. The summed E-state index contributed by atoms with van der Waals surface area (Å²) in [5.41, 5.74) is 0.0853. The van der Waals surface area contributed by atoms with E-state index in [0.717, 1.165) is 0 Å². The molecule has 2 aromatic rings. The topological polar surface area (TPSA) is 107 Å². The minimum atomic E-state index is -0.506. The van der Waals surface area contributed by atoms with Gasteiger partial charge in [-0.15, -0.1) is 0 Å². The molecule has 0 aliphatic carbocycles. The van der Waals surface area contributed by atoms with E-state index in [2.05, 4.69) is 15.6 Å². The van der Waals surface area contributed by atoms with E-state index < -0.39 is 5.91 Å². The zero-order valence-electron chi connectivity index (χ0n) is 11.4. The molecule has 0 unspecified atom stereocenters. The van der Waals surface area contributed by atoms with E-state index >= 15 is 0 Å². The molecule has 2 heterocycles. The molecule has 0 saturated heterocycles. The van der Waals surface area contributed by atoms with Gasteiger partial charge in [0.1, 0.15) is 6.26 Å². The average molecular weight is 293 g/mol. The summed E-state index contributed by atoms with van der Waals surface area (Å²) in [4.78, 5) is 27.3. The molecule has 0 spiro atoms. The van der Waals surface area contributed by atoms with Crippen molar-refractivity contribution in [3.05, 3.63) is 36.1 Å². The molecule has 8 nitrogen and oxygen atoms in total. The molecule has 8 heteroatoms. The highest BCUT2D eigenvalue weighted by atomic mass is 16.5. The second-order valence-corrected chi connectivity index (χ2v) is 4.07. The van der Waals surface area contributed by atoms with Gasteiger partial charge in [-0.25, -0.2) is 0 Å². The van der Waals surface area contributed by atoms with E-state index in [9.17, 15) is 9.59 Å². The summed E-state index contributed by atoms with van der Waals surface area (Å²) in [5.74, 6) is -0.763. The molecular formula is C13H15N3O5. The molecular weight excluding hydrogens is 278 g/mol. The van der Waals surface area contributed by atoms with Gasteiger partial charge in [0, 0.05) is 20.3 Å². The minimum Gasteiger partial charge on any atom is -0.459 e. The molecule has 0 bridgehead atoms. The van der Waals surface area contributed by atoms with Crippen LogP contribution in [0.15, 0.2) is 33.5 Å². The first kappa shape index (κ1) is 14.8. The lowest BCUT2D eigenvalue weighted by Crippen LogP contribution is -2.25. The summed E-state index contributed by atoms with van der Waals surface area (Å²) in [6.07, 6.45) is 3.24. The number of carbonyl (C=O) groups excluding carboxylic acids is 2. The number of carbonyl (C=O) groups is 2. The fourth-order valence-electron chi connectivity index (χ4n) is 1.51. The number of hydrogen-bond acceptors (Lipinski definition) is 6. The van der Waals surface area contributed by atoms with Crippen LogP contribution in [-0.4, -0.2) is 37.1 Å². The zero-order chi connectivity index (χ0) is 15.1. The summed E-state index contributed by atoms with van der Waals surface area (Å²) in [7, 11) is 1.59. The van der Waals surface area contributed by atoms with E-state index in [4.69, 9.17) is 13.6 Å². The van der Waals surface area contributed by atoms with Crippen LogP contribution in [0.2, 0.25) is 0 Å². The van der Waals surface area contributed by atoms with Crippen molar-refractivity contribution in [2.45, 2.75) is 6.42 Å². The van der Waals surface area contributed by atoms with Crippen molar-refractivity contribution in [3.8, 4) is 0 Å². The maximum atomic E-state index is 11.7. The summed E-state index contributed by atoms with van der Waals surface area (Å²) in [5, 5.41) is 5.04. The third kappa shape index (κ3) is 4.18. The molecule has 21 heavy (non-hydrogen) atoms. The highest BCUT2D eigenvalue weighted by Gasteiger charge is 2.15. The van der Waals surface area contributed by atoms with Crippen molar-refractivity contribution in [1.82, 2.24) is 10.3 Å². The number of aromatic nitrogens is 1. The third-order valence-corrected chi connectivity index (χ3v) is 2.51. The molecule has 0 fully saturated rings. The van der Waals surface area contributed by atoms with Gasteiger partial charge in [-0.1, -0.05) is 0 Å². The number of oxazole rings is 1. The van der Waals surface area contributed by atoms with E-state index in [0.29, 0.717) is 19.6 Å². The molecule has 0 aromatic carbocycles. The molecule has 2 N–H and O–H groups in total. The van der Waals surface area contributed by atoms with Crippen LogP contribution in [0.3, 0.4) is 0 Å². The number of methoxy groups -OCH3 is 1. The van der Waals surface area contributed by atoms with E-state index in [-0.39, 0.29) is 23.4 Å². The predicted octanol–water partition coefficient (Wildman–Crippen LogP) is 1.29. The second-order valence-electron chi connectivity index (χ2n) is 4.07. The Morgan fingerprint density at radius 1 is 1.33 bits per heavy atom. The fraction of sp³-hybridized carbons (Fsp3) is 0.308. The van der Waals surface area contributed by atoms with Gasteiger partial charge >= 0.3 is 6.01 Å². The summed E-state index contributed by atoms with van der Waals surface area (Å²) < 4.78 is 14.8. The van der Waals surface area contributed by atoms with Gasteiger partial charge in [0.05, 0.1) is 6.26 Å². The first-order valence-electron chi connectivity index (χ1n) is 6.28. The molecule has 0 aliphatic rings. The lowest BCUT2D eigenvalue weighted by molar-refractivity contribution is 0.0942.